The number of nitrogens with zero attached hydrogens (tertiary/aromatic N) is 5. The molecule has 284 valence electrons. The molecule has 4 heterocycles. The lowest BCUT2D eigenvalue weighted by atomic mass is 9.98. The number of hydrogen-bond acceptors (Lipinski definition) is 4. The fraction of sp³-hybridized carbons (Fsp3) is 0. The number of para-hydroxylation sites is 3. The third kappa shape index (κ3) is 5.12. The molecule has 0 amide bonds. The molecule has 0 aliphatic rings. The van der Waals surface area contributed by atoms with E-state index < -0.39 is 0 Å². The van der Waals surface area contributed by atoms with Gasteiger partial charge in [-0.05, 0) is 58.8 Å². The summed E-state index contributed by atoms with van der Waals surface area (Å²) in [5, 5.41) is 9.13. The highest BCUT2D eigenvalue weighted by atomic mass is 16.3. The van der Waals surface area contributed by atoms with Gasteiger partial charge in [0, 0.05) is 54.7 Å². The highest BCUT2D eigenvalue weighted by Gasteiger charge is 2.24. The maximum atomic E-state index is 6.73. The summed E-state index contributed by atoms with van der Waals surface area (Å²) in [6.45, 7) is 0. The molecule has 13 rings (SSSR count). The van der Waals surface area contributed by atoms with Gasteiger partial charge in [0.1, 0.15) is 11.2 Å². The molecular weight excluding hydrogens is 747 g/mol. The van der Waals surface area contributed by atoms with Gasteiger partial charge in [0.25, 0.3) is 0 Å². The van der Waals surface area contributed by atoms with Crippen molar-refractivity contribution in [1.82, 2.24) is 24.1 Å². The fourth-order valence-corrected chi connectivity index (χ4v) is 9.40. The number of aromatic nitrogens is 5. The van der Waals surface area contributed by atoms with E-state index in [2.05, 4.69) is 143 Å². The van der Waals surface area contributed by atoms with Crippen molar-refractivity contribution in [2.45, 2.75) is 0 Å². The highest BCUT2D eigenvalue weighted by molar-refractivity contribution is 6.26. The third-order valence-corrected chi connectivity index (χ3v) is 12.1. The fourth-order valence-electron chi connectivity index (χ4n) is 9.40. The van der Waals surface area contributed by atoms with Gasteiger partial charge in [0.2, 0.25) is 5.95 Å². The van der Waals surface area contributed by atoms with Crippen LogP contribution < -0.4 is 0 Å². The lowest BCUT2D eigenvalue weighted by Gasteiger charge is -2.13. The van der Waals surface area contributed by atoms with E-state index in [0.717, 1.165) is 82.7 Å². The molecule has 4 aromatic heterocycles. The summed E-state index contributed by atoms with van der Waals surface area (Å²) in [6, 6.07) is 70.3. The van der Waals surface area contributed by atoms with E-state index in [-0.39, 0.29) is 0 Å². The normalized spacial score (nSPS) is 11.9. The molecule has 0 fully saturated rings. The molecule has 0 radical (unpaired) electrons. The predicted octanol–water partition coefficient (Wildman–Crippen LogP) is 14.1. The number of rotatable bonds is 5. The van der Waals surface area contributed by atoms with E-state index in [9.17, 15) is 0 Å². The number of furan rings is 1. The quantitative estimate of drug-likeness (QED) is 0.175. The molecule has 0 N–H and O–H groups in total. The second-order valence-corrected chi connectivity index (χ2v) is 15.6. The lowest BCUT2D eigenvalue weighted by Crippen LogP contribution is -2.06. The monoisotopic (exact) mass is 779 g/mol. The van der Waals surface area contributed by atoms with Crippen LogP contribution in [-0.2, 0) is 0 Å². The zero-order valence-corrected chi connectivity index (χ0v) is 32.7. The Labute approximate surface area is 349 Å². The van der Waals surface area contributed by atoms with Crippen LogP contribution in [0.25, 0.3) is 122 Å². The van der Waals surface area contributed by atoms with Crippen molar-refractivity contribution in [3.05, 3.63) is 200 Å². The molecule has 0 unspecified atom stereocenters. The SMILES string of the molecule is c1ccc(-c2nc(-c3ccccc3)nc(-n3c4ccccc4c4c3ccc3c5ccccc5n(-c5cc(-c6ccc7ccccc7c6)c6oc7ccccc7c6c5)c34)n2)cc1. The molecule has 6 nitrogen and oxygen atoms in total. The summed E-state index contributed by atoms with van der Waals surface area (Å²) in [7, 11) is 0. The summed E-state index contributed by atoms with van der Waals surface area (Å²) in [4.78, 5) is 15.5. The van der Waals surface area contributed by atoms with Gasteiger partial charge >= 0.3 is 0 Å². The van der Waals surface area contributed by atoms with E-state index in [1.165, 1.54) is 21.5 Å². The maximum Gasteiger partial charge on any atom is 0.238 e. The summed E-state index contributed by atoms with van der Waals surface area (Å²) < 4.78 is 11.4. The van der Waals surface area contributed by atoms with Gasteiger partial charge in [-0.15, -0.1) is 0 Å². The van der Waals surface area contributed by atoms with Gasteiger partial charge in [-0.1, -0.05) is 158 Å². The summed E-state index contributed by atoms with van der Waals surface area (Å²) in [5.74, 6) is 1.80. The van der Waals surface area contributed by atoms with E-state index >= 15 is 0 Å². The summed E-state index contributed by atoms with van der Waals surface area (Å²) in [5.41, 5.74) is 11.1. The summed E-state index contributed by atoms with van der Waals surface area (Å²) >= 11 is 0. The average Bonchev–Trinajstić information content (AvgIpc) is 3.99. The second-order valence-electron chi connectivity index (χ2n) is 15.6. The first-order chi connectivity index (χ1) is 30.2. The molecule has 0 spiro atoms. The van der Waals surface area contributed by atoms with Crippen molar-refractivity contribution in [2.24, 2.45) is 0 Å². The van der Waals surface area contributed by atoms with Crippen LogP contribution in [0.5, 0.6) is 0 Å². The summed E-state index contributed by atoms with van der Waals surface area (Å²) in [6.07, 6.45) is 0. The molecule has 6 heteroatoms. The van der Waals surface area contributed by atoms with Gasteiger partial charge in [0.05, 0.1) is 22.1 Å². The molecule has 0 aliphatic carbocycles. The van der Waals surface area contributed by atoms with Crippen LogP contribution in [0, 0.1) is 0 Å². The Morgan fingerprint density at radius 3 is 1.75 bits per heavy atom. The van der Waals surface area contributed by atoms with E-state index in [4.69, 9.17) is 19.4 Å². The topological polar surface area (TPSA) is 61.7 Å². The molecule has 0 atom stereocenters. The number of benzene rings is 9. The second kappa shape index (κ2) is 13.1. The van der Waals surface area contributed by atoms with Crippen LogP contribution in [-0.4, -0.2) is 24.1 Å². The Morgan fingerprint density at radius 2 is 1.00 bits per heavy atom. The first kappa shape index (κ1) is 33.6. The van der Waals surface area contributed by atoms with Crippen LogP contribution >= 0.6 is 0 Å². The standard InChI is InChI=1S/C55H33N5O/c1-3-16-35(17-4-1)53-56-54(36-18-5-2-6-19-36)58-55(57-53)60-47-25-13-10-23-43(47)50-48(60)30-29-42-40-21-9-12-24-46(40)59(51(42)50)39-32-44(38-28-27-34-15-7-8-20-37(34)31-38)52-45(33-39)41-22-11-14-26-49(41)61-52/h1-33H. The van der Waals surface area contributed by atoms with Crippen LogP contribution in [0.15, 0.2) is 205 Å². The van der Waals surface area contributed by atoms with Crippen molar-refractivity contribution in [2.75, 3.05) is 0 Å². The van der Waals surface area contributed by atoms with Crippen molar-refractivity contribution in [3.8, 4) is 45.5 Å². The molecular formula is C55H33N5O. The maximum absolute atomic E-state index is 6.73. The van der Waals surface area contributed by atoms with E-state index in [1.54, 1.807) is 0 Å². The van der Waals surface area contributed by atoms with Gasteiger partial charge in [-0.25, -0.2) is 4.98 Å². The van der Waals surface area contributed by atoms with E-state index in [0.29, 0.717) is 17.6 Å². The molecule has 9 aromatic carbocycles. The average molecular weight is 780 g/mol. The van der Waals surface area contributed by atoms with Crippen LogP contribution in [0.1, 0.15) is 0 Å². The minimum atomic E-state index is 0.561. The minimum absolute atomic E-state index is 0.561. The van der Waals surface area contributed by atoms with Gasteiger partial charge in [0.15, 0.2) is 11.6 Å². The predicted molar refractivity (Wildman–Crippen MR) is 250 cm³/mol. The van der Waals surface area contributed by atoms with Crippen molar-refractivity contribution in [3.63, 3.8) is 0 Å². The Hall–Kier alpha value is -8.35. The highest BCUT2D eigenvalue weighted by Crippen LogP contribution is 2.44. The van der Waals surface area contributed by atoms with Crippen molar-refractivity contribution >= 4 is 76.3 Å². The smallest absolute Gasteiger partial charge is 0.238 e. The lowest BCUT2D eigenvalue weighted by molar-refractivity contribution is 0.670. The first-order valence-corrected chi connectivity index (χ1v) is 20.5. The van der Waals surface area contributed by atoms with Crippen LogP contribution in [0.4, 0.5) is 0 Å². The molecule has 0 saturated heterocycles. The zero-order valence-electron chi connectivity index (χ0n) is 32.7. The van der Waals surface area contributed by atoms with Crippen molar-refractivity contribution in [1.29, 1.82) is 0 Å². The van der Waals surface area contributed by atoms with Gasteiger partial charge < -0.3 is 8.98 Å². The molecule has 0 bridgehead atoms. The molecule has 13 aromatic rings. The first-order valence-electron chi connectivity index (χ1n) is 20.5. The minimum Gasteiger partial charge on any atom is -0.455 e. The molecule has 61 heavy (non-hydrogen) atoms. The van der Waals surface area contributed by atoms with Gasteiger partial charge in [-0.3, -0.25) is 4.57 Å². The van der Waals surface area contributed by atoms with Crippen LogP contribution in [0.3, 0.4) is 0 Å². The van der Waals surface area contributed by atoms with Crippen molar-refractivity contribution < 1.29 is 4.42 Å². The van der Waals surface area contributed by atoms with Gasteiger partial charge in [-0.2, -0.15) is 9.97 Å². The number of fused-ring (bicyclic) bond motifs is 11. The largest absolute Gasteiger partial charge is 0.455 e. The Morgan fingerprint density at radius 1 is 0.377 bits per heavy atom. The zero-order chi connectivity index (χ0) is 40.0. The van der Waals surface area contributed by atoms with E-state index in [1.807, 2.05) is 66.7 Å². The molecule has 0 aliphatic heterocycles. The Kier molecular flexibility index (Phi) is 7.21. The third-order valence-electron chi connectivity index (χ3n) is 12.1. The Bertz CT molecular complexity index is 3820. The van der Waals surface area contributed by atoms with Crippen LogP contribution in [0.2, 0.25) is 0 Å². The number of hydrogen-bond donors (Lipinski definition) is 0. The molecule has 0 saturated carbocycles. The Balaban J connectivity index is 1.15.